The van der Waals surface area contributed by atoms with Crippen LogP contribution in [0.15, 0.2) is 78.0 Å². The molecule has 0 aliphatic carbocycles. The van der Waals surface area contributed by atoms with Crippen molar-refractivity contribution in [3.05, 3.63) is 94.6 Å². The number of carbonyl (C=O) groups excluding carboxylic acids is 1. The van der Waals surface area contributed by atoms with Crippen LogP contribution in [0.4, 0.5) is 5.82 Å². The quantitative estimate of drug-likeness (QED) is 0.262. The summed E-state index contributed by atoms with van der Waals surface area (Å²) in [6.45, 7) is 1.85. The Morgan fingerprint density at radius 1 is 1.00 bits per heavy atom. The van der Waals surface area contributed by atoms with Gasteiger partial charge < -0.3 is 19.6 Å². The lowest BCUT2D eigenvalue weighted by molar-refractivity contribution is -0.118. The lowest BCUT2D eigenvalue weighted by Gasteiger charge is -2.10. The summed E-state index contributed by atoms with van der Waals surface area (Å²) in [5, 5.41) is 11.2. The number of aromatic nitrogens is 3. The molecule has 0 saturated carbocycles. The van der Waals surface area contributed by atoms with Crippen LogP contribution in [0.5, 0.6) is 11.5 Å². The number of aryl methyl sites for hydroxylation is 1. The Morgan fingerprint density at radius 2 is 1.77 bits per heavy atom. The van der Waals surface area contributed by atoms with Gasteiger partial charge in [0.15, 0.2) is 24.7 Å². The fraction of sp³-hybridized carbons (Fsp3) is 0.160. The number of nitrogens with one attached hydrogen (secondary N) is 1. The molecule has 0 bridgehead atoms. The summed E-state index contributed by atoms with van der Waals surface area (Å²) in [6, 6.07) is 22.0. The summed E-state index contributed by atoms with van der Waals surface area (Å²) in [4.78, 5) is 23.3. The number of rotatable bonds is 10. The van der Waals surface area contributed by atoms with E-state index in [-0.39, 0.29) is 19.1 Å². The summed E-state index contributed by atoms with van der Waals surface area (Å²) in [5.41, 5.74) is 2.73. The maximum absolute atomic E-state index is 12.3. The zero-order valence-electron chi connectivity index (χ0n) is 19.2. The van der Waals surface area contributed by atoms with Gasteiger partial charge in [0.05, 0.1) is 17.7 Å². The van der Waals surface area contributed by atoms with Crippen molar-refractivity contribution in [2.75, 3.05) is 19.0 Å². The van der Waals surface area contributed by atoms with E-state index in [2.05, 4.69) is 25.0 Å². The molecule has 1 amide bonds. The summed E-state index contributed by atoms with van der Waals surface area (Å²) in [5.74, 6) is 1.07. The number of para-hydroxylation sites is 2. The predicted octanol–water partition coefficient (Wildman–Crippen LogP) is 4.24. The average Bonchev–Trinajstić information content (AvgIpc) is 3.31. The maximum Gasteiger partial charge on any atom is 0.263 e. The molecule has 0 aliphatic heterocycles. The van der Waals surface area contributed by atoms with Gasteiger partial charge in [-0.3, -0.25) is 4.79 Å². The zero-order valence-corrected chi connectivity index (χ0v) is 20.0. The highest BCUT2D eigenvalue weighted by molar-refractivity contribution is 7.05. The van der Waals surface area contributed by atoms with Gasteiger partial charge in [-0.1, -0.05) is 58.2 Å². The fourth-order valence-corrected chi connectivity index (χ4v) is 3.60. The molecule has 2 aromatic carbocycles. The van der Waals surface area contributed by atoms with E-state index in [0.29, 0.717) is 34.4 Å². The average molecular weight is 490 g/mol. The van der Waals surface area contributed by atoms with E-state index in [1.165, 1.54) is 11.5 Å². The van der Waals surface area contributed by atoms with E-state index < -0.39 is 0 Å². The van der Waals surface area contributed by atoms with Crippen LogP contribution < -0.4 is 14.8 Å². The number of carbonyl (C=O) groups is 1. The molecule has 1 N–H and O–H groups in total. The molecule has 0 fully saturated rings. The van der Waals surface area contributed by atoms with E-state index in [9.17, 15) is 4.79 Å². The van der Waals surface area contributed by atoms with Gasteiger partial charge >= 0.3 is 0 Å². The van der Waals surface area contributed by atoms with Gasteiger partial charge in [0, 0.05) is 5.56 Å². The molecule has 10 heteroatoms. The Hall–Kier alpha value is -4.31. The van der Waals surface area contributed by atoms with Crippen molar-refractivity contribution in [3.8, 4) is 11.5 Å². The molecule has 0 radical (unpaired) electrons. The minimum atomic E-state index is -0.350. The molecule has 35 heavy (non-hydrogen) atoms. The molecule has 0 unspecified atom stereocenters. The second-order valence-electron chi connectivity index (χ2n) is 7.26. The minimum Gasteiger partial charge on any atom is -0.493 e. The van der Waals surface area contributed by atoms with Crippen molar-refractivity contribution in [1.82, 2.24) is 14.6 Å². The molecule has 2 aromatic heterocycles. The first-order valence-corrected chi connectivity index (χ1v) is 11.5. The van der Waals surface area contributed by atoms with Crippen molar-refractivity contribution in [1.29, 1.82) is 0 Å². The molecule has 4 rings (SSSR count). The summed E-state index contributed by atoms with van der Waals surface area (Å²) >= 11 is 1.30. The first kappa shape index (κ1) is 23.8. The lowest BCUT2D eigenvalue weighted by atomic mass is 10.1. The Kier molecular flexibility index (Phi) is 7.97. The SMILES string of the molecule is COc1ccccc1OCC(=O)Nc1cccc(CO/N=C(\c2ccccc2)c2nnsc2C)n1. The molecular formula is C25H23N5O4S. The van der Waals surface area contributed by atoms with Crippen LogP contribution in [0, 0.1) is 6.92 Å². The summed E-state index contributed by atoms with van der Waals surface area (Å²) in [7, 11) is 1.54. The zero-order chi connectivity index (χ0) is 24.5. The molecule has 0 spiro atoms. The number of hydrogen-bond donors (Lipinski definition) is 1. The van der Waals surface area contributed by atoms with Gasteiger partial charge in [0.2, 0.25) is 0 Å². The van der Waals surface area contributed by atoms with Crippen molar-refractivity contribution in [2.24, 2.45) is 5.16 Å². The molecule has 0 atom stereocenters. The number of oxime groups is 1. The third-order valence-corrected chi connectivity index (χ3v) is 5.42. The van der Waals surface area contributed by atoms with Crippen LogP contribution in [0.1, 0.15) is 21.8 Å². The van der Waals surface area contributed by atoms with E-state index in [4.69, 9.17) is 14.3 Å². The van der Waals surface area contributed by atoms with Gasteiger partial charge in [0.25, 0.3) is 5.91 Å². The second kappa shape index (κ2) is 11.7. The molecule has 9 nitrogen and oxygen atoms in total. The lowest BCUT2D eigenvalue weighted by Crippen LogP contribution is -2.21. The van der Waals surface area contributed by atoms with Crippen LogP contribution in [0.3, 0.4) is 0 Å². The molecular weight excluding hydrogens is 466 g/mol. The number of hydrogen-bond acceptors (Lipinski definition) is 9. The summed E-state index contributed by atoms with van der Waals surface area (Å²) in [6.07, 6.45) is 0. The van der Waals surface area contributed by atoms with Gasteiger partial charge in [0.1, 0.15) is 17.2 Å². The van der Waals surface area contributed by atoms with Crippen LogP contribution in [0.2, 0.25) is 0 Å². The van der Waals surface area contributed by atoms with Crippen molar-refractivity contribution in [3.63, 3.8) is 0 Å². The number of amides is 1. The number of ether oxygens (including phenoxy) is 2. The third kappa shape index (κ3) is 6.39. The number of anilines is 1. The normalized spacial score (nSPS) is 11.1. The fourth-order valence-electron chi connectivity index (χ4n) is 3.13. The van der Waals surface area contributed by atoms with E-state index >= 15 is 0 Å². The Bertz CT molecular complexity index is 1310. The van der Waals surface area contributed by atoms with E-state index in [0.717, 1.165) is 10.4 Å². The largest absolute Gasteiger partial charge is 0.493 e. The number of methoxy groups -OCH3 is 1. The molecule has 2 heterocycles. The van der Waals surface area contributed by atoms with Gasteiger partial charge in [-0.2, -0.15) is 0 Å². The molecule has 178 valence electrons. The van der Waals surface area contributed by atoms with Crippen LogP contribution >= 0.6 is 11.5 Å². The molecule has 0 saturated heterocycles. The maximum atomic E-state index is 12.3. The topological polar surface area (TPSA) is 108 Å². The van der Waals surface area contributed by atoms with E-state index in [1.807, 2.05) is 43.3 Å². The third-order valence-electron chi connectivity index (χ3n) is 4.79. The first-order valence-electron chi connectivity index (χ1n) is 10.7. The van der Waals surface area contributed by atoms with Crippen LogP contribution in [0.25, 0.3) is 0 Å². The van der Waals surface area contributed by atoms with Gasteiger partial charge in [-0.05, 0) is 42.7 Å². The van der Waals surface area contributed by atoms with Crippen LogP contribution in [-0.2, 0) is 16.2 Å². The summed E-state index contributed by atoms with van der Waals surface area (Å²) < 4.78 is 14.8. The Balaban J connectivity index is 1.38. The molecule has 0 aliphatic rings. The second-order valence-corrected chi connectivity index (χ2v) is 8.22. The number of pyridine rings is 1. The highest BCUT2D eigenvalue weighted by Gasteiger charge is 2.15. The standard InChI is InChI=1S/C25H23N5O4S/c1-17-24(28-30-35-17)25(18-9-4-3-5-10-18)29-34-15-19-11-8-14-22(26-19)27-23(31)16-33-21-13-7-6-12-20(21)32-2/h3-14H,15-16H2,1-2H3,(H,26,27,31)/b29-25+. The first-order chi connectivity index (χ1) is 17.1. The van der Waals surface area contributed by atoms with Crippen molar-refractivity contribution < 1.29 is 19.1 Å². The van der Waals surface area contributed by atoms with Crippen molar-refractivity contribution >= 4 is 29.0 Å². The minimum absolute atomic E-state index is 0.106. The number of nitrogens with zero attached hydrogens (tertiary/aromatic N) is 4. The van der Waals surface area contributed by atoms with Gasteiger partial charge in [-0.15, -0.1) is 5.10 Å². The van der Waals surface area contributed by atoms with E-state index in [1.54, 1.807) is 43.5 Å². The monoisotopic (exact) mass is 489 g/mol. The Morgan fingerprint density at radius 3 is 2.51 bits per heavy atom. The van der Waals surface area contributed by atoms with Gasteiger partial charge in [-0.25, -0.2) is 4.98 Å². The van der Waals surface area contributed by atoms with Crippen LogP contribution in [-0.4, -0.2) is 39.9 Å². The highest BCUT2D eigenvalue weighted by Crippen LogP contribution is 2.25. The Labute approximate surface area is 206 Å². The van der Waals surface area contributed by atoms with Crippen molar-refractivity contribution in [2.45, 2.75) is 13.5 Å². The predicted molar refractivity (Wildman–Crippen MR) is 133 cm³/mol. The molecule has 4 aromatic rings. The highest BCUT2D eigenvalue weighted by atomic mass is 32.1. The number of benzene rings is 2. The smallest absolute Gasteiger partial charge is 0.263 e.